The summed E-state index contributed by atoms with van der Waals surface area (Å²) < 4.78 is 0. The molecule has 5 heteroatoms. The molecule has 86 valence electrons. The summed E-state index contributed by atoms with van der Waals surface area (Å²) in [6.07, 6.45) is 0.557. The first-order valence-corrected chi connectivity index (χ1v) is 5.01. The van der Waals surface area contributed by atoms with Gasteiger partial charge in [-0.1, -0.05) is 13.0 Å². The van der Waals surface area contributed by atoms with Gasteiger partial charge in [0.05, 0.1) is 6.04 Å². The van der Waals surface area contributed by atoms with Crippen molar-refractivity contribution in [3.05, 3.63) is 29.8 Å². The fourth-order valence-electron chi connectivity index (χ4n) is 1.17. The molecule has 1 aromatic rings. The second-order valence-corrected chi connectivity index (χ2v) is 3.45. The highest BCUT2D eigenvalue weighted by molar-refractivity contribution is 5.97. The highest BCUT2D eigenvalue weighted by Gasteiger charge is 2.11. The third-order valence-corrected chi connectivity index (χ3v) is 2.19. The van der Waals surface area contributed by atoms with E-state index >= 15 is 0 Å². The molecule has 0 radical (unpaired) electrons. The molecule has 1 rings (SSSR count). The van der Waals surface area contributed by atoms with Gasteiger partial charge in [-0.25, -0.2) is 0 Å². The number of hydrogen-bond donors (Lipinski definition) is 3. The van der Waals surface area contributed by atoms with Gasteiger partial charge in [0.15, 0.2) is 0 Å². The average molecular weight is 221 g/mol. The van der Waals surface area contributed by atoms with Crippen LogP contribution in [0.1, 0.15) is 23.7 Å². The highest BCUT2D eigenvalue weighted by Crippen LogP contribution is 2.10. The Hall–Kier alpha value is -1.88. The minimum Gasteiger partial charge on any atom is -0.366 e. The van der Waals surface area contributed by atoms with Crippen LogP contribution in [0.3, 0.4) is 0 Å². The van der Waals surface area contributed by atoms with Gasteiger partial charge in [0, 0.05) is 11.3 Å². The molecule has 2 amide bonds. The number of carbonyl (C=O) groups is 2. The van der Waals surface area contributed by atoms with E-state index < -0.39 is 11.9 Å². The molecule has 1 aromatic carbocycles. The summed E-state index contributed by atoms with van der Waals surface area (Å²) in [4.78, 5) is 22.4. The van der Waals surface area contributed by atoms with Gasteiger partial charge in [-0.05, 0) is 24.6 Å². The normalized spacial score (nSPS) is 11.9. The van der Waals surface area contributed by atoms with Crippen LogP contribution in [-0.2, 0) is 4.79 Å². The molecule has 0 bridgehead atoms. The second-order valence-electron chi connectivity index (χ2n) is 3.45. The van der Waals surface area contributed by atoms with Crippen LogP contribution in [0.5, 0.6) is 0 Å². The van der Waals surface area contributed by atoms with E-state index in [4.69, 9.17) is 11.5 Å². The number of nitrogens with one attached hydrogen (secondary N) is 1. The van der Waals surface area contributed by atoms with Gasteiger partial charge < -0.3 is 16.8 Å². The van der Waals surface area contributed by atoms with Crippen LogP contribution in [0.25, 0.3) is 0 Å². The van der Waals surface area contributed by atoms with Crippen molar-refractivity contribution in [3.8, 4) is 0 Å². The van der Waals surface area contributed by atoms with Gasteiger partial charge >= 0.3 is 0 Å². The van der Waals surface area contributed by atoms with Gasteiger partial charge in [-0.15, -0.1) is 0 Å². The number of benzene rings is 1. The maximum absolute atomic E-state index is 11.5. The minimum absolute atomic E-state index is 0.274. The lowest BCUT2D eigenvalue weighted by Crippen LogP contribution is -2.34. The fourth-order valence-corrected chi connectivity index (χ4v) is 1.17. The van der Waals surface area contributed by atoms with E-state index in [1.165, 1.54) is 6.07 Å². The van der Waals surface area contributed by atoms with Crippen molar-refractivity contribution >= 4 is 17.5 Å². The zero-order valence-electron chi connectivity index (χ0n) is 9.07. The second kappa shape index (κ2) is 5.27. The number of nitrogens with two attached hydrogens (primary N) is 2. The van der Waals surface area contributed by atoms with Crippen molar-refractivity contribution in [2.45, 2.75) is 19.4 Å². The van der Waals surface area contributed by atoms with Gasteiger partial charge in [-0.3, -0.25) is 9.59 Å². The van der Waals surface area contributed by atoms with Crippen molar-refractivity contribution in [1.82, 2.24) is 0 Å². The Kier molecular flexibility index (Phi) is 4.02. The molecule has 0 fully saturated rings. The summed E-state index contributed by atoms with van der Waals surface area (Å²) in [6, 6.07) is 5.87. The number of hydrogen-bond acceptors (Lipinski definition) is 3. The number of rotatable bonds is 4. The quantitative estimate of drug-likeness (QED) is 0.688. The van der Waals surface area contributed by atoms with Gasteiger partial charge in [0.1, 0.15) is 0 Å². The van der Waals surface area contributed by atoms with E-state index in [9.17, 15) is 9.59 Å². The van der Waals surface area contributed by atoms with Crippen LogP contribution in [-0.4, -0.2) is 17.9 Å². The Morgan fingerprint density at radius 3 is 2.69 bits per heavy atom. The zero-order chi connectivity index (χ0) is 12.1. The molecule has 1 atom stereocenters. The predicted octanol–water partition coefficient (Wildman–Crippen LogP) is 0.461. The van der Waals surface area contributed by atoms with Gasteiger partial charge in [-0.2, -0.15) is 0 Å². The van der Waals surface area contributed by atoms with Gasteiger partial charge in [0.2, 0.25) is 11.8 Å². The molecule has 0 aromatic heterocycles. The third-order valence-electron chi connectivity index (χ3n) is 2.19. The lowest BCUT2D eigenvalue weighted by atomic mass is 10.1. The first kappa shape index (κ1) is 12.2. The highest BCUT2D eigenvalue weighted by atomic mass is 16.2. The molecule has 0 aliphatic carbocycles. The zero-order valence-corrected chi connectivity index (χ0v) is 9.07. The summed E-state index contributed by atoms with van der Waals surface area (Å²) in [5.41, 5.74) is 11.6. The van der Waals surface area contributed by atoms with E-state index in [0.717, 1.165) is 0 Å². The topological polar surface area (TPSA) is 98.2 Å². The first-order chi connectivity index (χ1) is 7.54. The number of carbonyl (C=O) groups excluding carboxylic acids is 2. The molecule has 5 nitrogen and oxygen atoms in total. The lowest BCUT2D eigenvalue weighted by Gasteiger charge is -2.10. The number of amides is 2. The number of anilines is 1. The molecule has 0 aliphatic rings. The van der Waals surface area contributed by atoms with Crippen LogP contribution in [0.15, 0.2) is 24.3 Å². The van der Waals surface area contributed by atoms with Crippen LogP contribution in [0.2, 0.25) is 0 Å². The standard InChI is InChI=1S/C11H15N3O2/c1-2-9(12)11(16)14-8-5-3-4-7(6-8)10(13)15/h3-6,9H,2,12H2,1H3,(H2,13,15)(H,14,16)/t9-/m0/s1. The largest absolute Gasteiger partial charge is 0.366 e. The summed E-state index contributed by atoms with van der Waals surface area (Å²) >= 11 is 0. The number of primary amides is 1. The van der Waals surface area contributed by atoms with Gasteiger partial charge in [0.25, 0.3) is 0 Å². The van der Waals surface area contributed by atoms with Crippen LogP contribution in [0.4, 0.5) is 5.69 Å². The van der Waals surface area contributed by atoms with Crippen molar-refractivity contribution < 1.29 is 9.59 Å². The van der Waals surface area contributed by atoms with Crippen molar-refractivity contribution in [2.24, 2.45) is 11.5 Å². The minimum atomic E-state index is -0.544. The Morgan fingerprint density at radius 2 is 2.12 bits per heavy atom. The van der Waals surface area contributed by atoms with Crippen molar-refractivity contribution in [1.29, 1.82) is 0 Å². The first-order valence-electron chi connectivity index (χ1n) is 5.01. The Balaban J connectivity index is 2.78. The molecule has 0 heterocycles. The Morgan fingerprint density at radius 1 is 1.44 bits per heavy atom. The Bertz CT molecular complexity index is 404. The van der Waals surface area contributed by atoms with Crippen molar-refractivity contribution in [2.75, 3.05) is 5.32 Å². The Labute approximate surface area is 93.8 Å². The summed E-state index contributed by atoms with van der Waals surface area (Å²) in [7, 11) is 0. The molecule has 0 saturated heterocycles. The smallest absolute Gasteiger partial charge is 0.248 e. The monoisotopic (exact) mass is 221 g/mol. The predicted molar refractivity (Wildman–Crippen MR) is 61.9 cm³/mol. The lowest BCUT2D eigenvalue weighted by molar-refractivity contribution is -0.117. The maximum Gasteiger partial charge on any atom is 0.248 e. The molecule has 0 saturated carbocycles. The fraction of sp³-hybridized carbons (Fsp3) is 0.273. The summed E-state index contributed by atoms with van der Waals surface area (Å²) in [6.45, 7) is 1.82. The van der Waals surface area contributed by atoms with E-state index in [2.05, 4.69) is 5.32 Å². The van der Waals surface area contributed by atoms with Crippen LogP contribution < -0.4 is 16.8 Å². The van der Waals surface area contributed by atoms with E-state index in [1.807, 2.05) is 6.92 Å². The van der Waals surface area contributed by atoms with Crippen LogP contribution in [0, 0.1) is 0 Å². The molecule has 0 aliphatic heterocycles. The van der Waals surface area contributed by atoms with E-state index in [-0.39, 0.29) is 5.91 Å². The average Bonchev–Trinajstić information content (AvgIpc) is 2.28. The van der Waals surface area contributed by atoms with Crippen molar-refractivity contribution in [3.63, 3.8) is 0 Å². The van der Waals surface area contributed by atoms with E-state index in [1.54, 1.807) is 18.2 Å². The molecule has 0 spiro atoms. The SMILES string of the molecule is CC[C@H](N)C(=O)Nc1cccc(C(N)=O)c1. The molecule has 16 heavy (non-hydrogen) atoms. The molecule has 5 N–H and O–H groups in total. The molecule has 0 unspecified atom stereocenters. The molecular weight excluding hydrogens is 206 g/mol. The third kappa shape index (κ3) is 3.06. The maximum atomic E-state index is 11.5. The molecular formula is C11H15N3O2. The summed E-state index contributed by atoms with van der Waals surface area (Å²) in [5.74, 6) is -0.806. The van der Waals surface area contributed by atoms with E-state index in [0.29, 0.717) is 17.7 Å². The summed E-state index contributed by atoms with van der Waals surface area (Å²) in [5, 5.41) is 2.62. The van der Waals surface area contributed by atoms with Crippen LogP contribution >= 0.6 is 0 Å².